The zero-order valence-corrected chi connectivity index (χ0v) is 19.0. The predicted octanol–water partition coefficient (Wildman–Crippen LogP) is 5.70. The van der Waals surface area contributed by atoms with Crippen LogP contribution in [0.15, 0.2) is 54.6 Å². The molecule has 3 aromatic carbocycles. The zero-order chi connectivity index (χ0) is 23.1. The SMILES string of the molecule is Cc1cc(Cl)cc(-c2nnc3ccc(-c4cccc(F)c4O)cc3c2N2CCC(N)CC2)c1. The number of rotatable bonds is 3. The molecule has 2 heterocycles. The fourth-order valence-electron chi connectivity index (χ4n) is 4.52. The molecule has 5 nitrogen and oxygen atoms in total. The monoisotopic (exact) mass is 462 g/mol. The molecule has 168 valence electrons. The van der Waals surface area contributed by atoms with Crippen LogP contribution in [0.1, 0.15) is 18.4 Å². The van der Waals surface area contributed by atoms with Gasteiger partial charge in [0.15, 0.2) is 11.6 Å². The minimum atomic E-state index is -0.652. The molecule has 1 saturated heterocycles. The molecule has 1 fully saturated rings. The van der Waals surface area contributed by atoms with Crippen LogP contribution in [0, 0.1) is 12.7 Å². The molecule has 0 unspecified atom stereocenters. The Kier molecular flexibility index (Phi) is 5.64. The van der Waals surface area contributed by atoms with E-state index in [4.69, 9.17) is 17.3 Å². The number of hydrogen-bond acceptors (Lipinski definition) is 5. The van der Waals surface area contributed by atoms with Crippen molar-refractivity contribution in [3.63, 3.8) is 0 Å². The van der Waals surface area contributed by atoms with E-state index >= 15 is 0 Å². The number of halogens is 2. The van der Waals surface area contributed by atoms with Crippen molar-refractivity contribution in [1.29, 1.82) is 0 Å². The summed E-state index contributed by atoms with van der Waals surface area (Å²) < 4.78 is 14.0. The Labute approximate surface area is 196 Å². The third-order valence-electron chi connectivity index (χ3n) is 6.20. The van der Waals surface area contributed by atoms with E-state index in [1.807, 2.05) is 43.3 Å². The molecule has 4 aromatic rings. The quantitative estimate of drug-likeness (QED) is 0.408. The van der Waals surface area contributed by atoms with Gasteiger partial charge in [0.2, 0.25) is 0 Å². The number of hydrogen-bond donors (Lipinski definition) is 2. The molecular formula is C26H24ClFN4O. The Morgan fingerprint density at radius 3 is 2.58 bits per heavy atom. The fraction of sp³-hybridized carbons (Fsp3) is 0.231. The van der Waals surface area contributed by atoms with Crippen molar-refractivity contribution in [2.75, 3.05) is 18.0 Å². The summed E-state index contributed by atoms with van der Waals surface area (Å²) in [6, 6.07) is 16.2. The summed E-state index contributed by atoms with van der Waals surface area (Å²) in [5.74, 6) is -1.02. The highest BCUT2D eigenvalue weighted by Crippen LogP contribution is 2.40. The van der Waals surface area contributed by atoms with E-state index < -0.39 is 5.82 Å². The molecule has 33 heavy (non-hydrogen) atoms. The maximum atomic E-state index is 14.0. The minimum Gasteiger partial charge on any atom is -0.504 e. The lowest BCUT2D eigenvalue weighted by molar-refractivity contribution is 0.434. The second-order valence-electron chi connectivity index (χ2n) is 8.61. The molecule has 5 rings (SSSR count). The maximum Gasteiger partial charge on any atom is 0.165 e. The number of phenols is 1. The topological polar surface area (TPSA) is 75.3 Å². The second kappa shape index (κ2) is 8.61. The lowest BCUT2D eigenvalue weighted by atomic mass is 9.97. The third-order valence-corrected chi connectivity index (χ3v) is 6.42. The van der Waals surface area contributed by atoms with Crippen LogP contribution >= 0.6 is 11.6 Å². The van der Waals surface area contributed by atoms with Crippen LogP contribution in [0.3, 0.4) is 0 Å². The number of nitrogens with zero attached hydrogens (tertiary/aromatic N) is 3. The van der Waals surface area contributed by atoms with E-state index in [0.29, 0.717) is 16.1 Å². The highest BCUT2D eigenvalue weighted by Gasteiger charge is 2.24. The molecule has 0 saturated carbocycles. The van der Waals surface area contributed by atoms with Crippen LogP contribution in [-0.2, 0) is 0 Å². The average Bonchev–Trinajstić information content (AvgIpc) is 2.80. The van der Waals surface area contributed by atoms with Crippen molar-refractivity contribution in [3.8, 4) is 28.1 Å². The molecule has 1 aliphatic heterocycles. The van der Waals surface area contributed by atoms with Crippen molar-refractivity contribution < 1.29 is 9.50 Å². The van der Waals surface area contributed by atoms with Crippen molar-refractivity contribution in [3.05, 3.63) is 71.0 Å². The highest BCUT2D eigenvalue weighted by atomic mass is 35.5. The van der Waals surface area contributed by atoms with Crippen LogP contribution in [0.2, 0.25) is 5.02 Å². The molecule has 0 atom stereocenters. The van der Waals surface area contributed by atoms with Gasteiger partial charge in [-0.1, -0.05) is 29.8 Å². The van der Waals surface area contributed by atoms with E-state index in [-0.39, 0.29) is 11.8 Å². The van der Waals surface area contributed by atoms with E-state index in [1.54, 1.807) is 12.1 Å². The number of anilines is 1. The Hall–Kier alpha value is -3.22. The van der Waals surface area contributed by atoms with E-state index in [9.17, 15) is 9.50 Å². The van der Waals surface area contributed by atoms with Gasteiger partial charge in [-0.2, -0.15) is 0 Å². The van der Waals surface area contributed by atoms with Crippen molar-refractivity contribution in [2.24, 2.45) is 5.73 Å². The number of aryl methyl sites for hydroxylation is 1. The second-order valence-corrected chi connectivity index (χ2v) is 9.04. The molecule has 3 N–H and O–H groups in total. The number of para-hydroxylation sites is 1. The predicted molar refractivity (Wildman–Crippen MR) is 131 cm³/mol. The highest BCUT2D eigenvalue weighted by molar-refractivity contribution is 6.31. The average molecular weight is 463 g/mol. The van der Waals surface area contributed by atoms with Gasteiger partial charge in [0, 0.05) is 40.7 Å². The third kappa shape index (κ3) is 4.12. The Balaban J connectivity index is 1.76. The van der Waals surface area contributed by atoms with E-state index in [2.05, 4.69) is 15.1 Å². The summed E-state index contributed by atoms with van der Waals surface area (Å²) in [6.45, 7) is 3.59. The van der Waals surface area contributed by atoms with Crippen LogP contribution in [-0.4, -0.2) is 34.4 Å². The molecule has 0 aliphatic carbocycles. The summed E-state index contributed by atoms with van der Waals surface area (Å²) in [5, 5.41) is 20.9. The number of phenolic OH excluding ortho intramolecular Hbond substituents is 1. The molecule has 7 heteroatoms. The van der Waals surface area contributed by atoms with Gasteiger partial charge < -0.3 is 15.7 Å². The van der Waals surface area contributed by atoms with Crippen LogP contribution in [0.4, 0.5) is 10.1 Å². The van der Waals surface area contributed by atoms with Gasteiger partial charge >= 0.3 is 0 Å². The van der Waals surface area contributed by atoms with E-state index in [0.717, 1.165) is 59.3 Å². The van der Waals surface area contributed by atoms with Crippen LogP contribution in [0.5, 0.6) is 5.75 Å². The summed E-state index contributed by atoms with van der Waals surface area (Å²) in [6.07, 6.45) is 1.75. The van der Waals surface area contributed by atoms with Gasteiger partial charge in [0.25, 0.3) is 0 Å². The standard InChI is InChI=1S/C26H24ClFN4O/c1-15-11-17(13-18(27)12-15)24-25(32-9-7-19(29)8-10-32)21-14-16(5-6-23(21)30-31-24)20-3-2-4-22(28)26(20)33/h2-6,11-14,19,33H,7-10,29H2,1H3. The summed E-state index contributed by atoms with van der Waals surface area (Å²) in [7, 11) is 0. The minimum absolute atomic E-state index is 0.180. The van der Waals surface area contributed by atoms with E-state index in [1.165, 1.54) is 6.07 Å². The first-order valence-corrected chi connectivity index (χ1v) is 11.3. The number of aromatic nitrogens is 2. The number of benzene rings is 3. The molecule has 0 radical (unpaired) electrons. The molecule has 0 bridgehead atoms. The lowest BCUT2D eigenvalue weighted by Crippen LogP contribution is -2.40. The van der Waals surface area contributed by atoms with Gasteiger partial charge in [-0.05, 0) is 67.3 Å². The first-order chi connectivity index (χ1) is 15.9. The van der Waals surface area contributed by atoms with Gasteiger partial charge in [-0.15, -0.1) is 10.2 Å². The maximum absolute atomic E-state index is 14.0. The Bertz CT molecular complexity index is 1330. The Morgan fingerprint density at radius 2 is 1.82 bits per heavy atom. The summed E-state index contributed by atoms with van der Waals surface area (Å²) in [4.78, 5) is 2.29. The molecule has 1 aliphatic rings. The molecular weight excluding hydrogens is 439 g/mol. The Morgan fingerprint density at radius 1 is 1.03 bits per heavy atom. The van der Waals surface area contributed by atoms with Gasteiger partial charge in [0.05, 0.1) is 11.2 Å². The number of fused-ring (bicyclic) bond motifs is 1. The number of aromatic hydroxyl groups is 1. The molecule has 0 spiro atoms. The zero-order valence-electron chi connectivity index (χ0n) is 18.2. The fourth-order valence-corrected chi connectivity index (χ4v) is 4.81. The lowest BCUT2D eigenvalue weighted by Gasteiger charge is -2.33. The van der Waals surface area contributed by atoms with Gasteiger partial charge in [0.1, 0.15) is 5.69 Å². The van der Waals surface area contributed by atoms with Crippen molar-refractivity contribution >= 4 is 28.2 Å². The first-order valence-electron chi connectivity index (χ1n) is 11.0. The first kappa shape index (κ1) is 21.6. The number of nitrogens with two attached hydrogens (primary N) is 1. The van der Waals surface area contributed by atoms with Gasteiger partial charge in [-0.3, -0.25) is 0 Å². The molecule has 0 amide bonds. The summed E-state index contributed by atoms with van der Waals surface area (Å²) >= 11 is 6.37. The van der Waals surface area contributed by atoms with Crippen LogP contribution < -0.4 is 10.6 Å². The smallest absolute Gasteiger partial charge is 0.165 e. The largest absolute Gasteiger partial charge is 0.504 e. The van der Waals surface area contributed by atoms with Crippen molar-refractivity contribution in [1.82, 2.24) is 10.2 Å². The normalized spacial score (nSPS) is 14.7. The van der Waals surface area contributed by atoms with Crippen LogP contribution in [0.25, 0.3) is 33.3 Å². The summed E-state index contributed by atoms with van der Waals surface area (Å²) in [5.41, 5.74) is 11.6. The number of piperidine rings is 1. The molecule has 1 aromatic heterocycles. The van der Waals surface area contributed by atoms with Crippen molar-refractivity contribution in [2.45, 2.75) is 25.8 Å². The van der Waals surface area contributed by atoms with Gasteiger partial charge in [-0.25, -0.2) is 4.39 Å².